The van der Waals surface area contributed by atoms with E-state index in [-0.39, 0.29) is 11.5 Å². The molecule has 0 aliphatic carbocycles. The van der Waals surface area contributed by atoms with E-state index >= 15 is 0 Å². The van der Waals surface area contributed by atoms with Gasteiger partial charge in [-0.3, -0.25) is 10.1 Å². The topological polar surface area (TPSA) is 107 Å². The molecule has 0 aliphatic heterocycles. The summed E-state index contributed by atoms with van der Waals surface area (Å²) in [4.78, 5) is 31.5. The molecular formula is C23H18N4O4. The highest BCUT2D eigenvalue weighted by atomic mass is 16.6. The Kier molecular flexibility index (Phi) is 5.53. The lowest BCUT2D eigenvalue weighted by Gasteiger charge is -2.10. The molecular weight excluding hydrogens is 396 g/mol. The van der Waals surface area contributed by atoms with Crippen LogP contribution in [0, 0.1) is 10.1 Å². The second-order valence-electron chi connectivity index (χ2n) is 6.74. The smallest absolute Gasteiger partial charge is 0.338 e. The Balaban J connectivity index is 1.60. The van der Waals surface area contributed by atoms with Crippen LogP contribution in [0.25, 0.3) is 22.2 Å². The molecule has 0 aliphatic rings. The Bertz CT molecular complexity index is 1290. The van der Waals surface area contributed by atoms with Gasteiger partial charge in [-0.1, -0.05) is 30.3 Å². The highest BCUT2D eigenvalue weighted by Crippen LogP contribution is 2.26. The Hall–Kier alpha value is -4.33. The van der Waals surface area contributed by atoms with E-state index in [1.165, 1.54) is 25.4 Å². The molecule has 0 spiro atoms. The first kappa shape index (κ1) is 20.0. The number of carbonyl (C=O) groups excluding carboxylic acids is 1. The van der Waals surface area contributed by atoms with E-state index in [1.54, 1.807) is 12.1 Å². The molecule has 2 aromatic heterocycles. The van der Waals surface area contributed by atoms with Crippen LogP contribution < -0.4 is 5.32 Å². The van der Waals surface area contributed by atoms with E-state index in [0.717, 1.165) is 16.5 Å². The molecule has 0 saturated heterocycles. The van der Waals surface area contributed by atoms with Gasteiger partial charge in [0.1, 0.15) is 0 Å². The van der Waals surface area contributed by atoms with Crippen LogP contribution in [0.2, 0.25) is 0 Å². The Morgan fingerprint density at radius 1 is 1.10 bits per heavy atom. The summed E-state index contributed by atoms with van der Waals surface area (Å²) in [6, 6.07) is 19.6. The summed E-state index contributed by atoms with van der Waals surface area (Å²) in [5, 5.41) is 15.1. The molecule has 0 saturated carbocycles. The van der Waals surface area contributed by atoms with Crippen LogP contribution in [0.1, 0.15) is 15.9 Å². The third-order valence-electron chi connectivity index (χ3n) is 4.81. The number of nitro groups is 1. The van der Waals surface area contributed by atoms with Crippen molar-refractivity contribution < 1.29 is 14.5 Å². The van der Waals surface area contributed by atoms with Crippen LogP contribution in [0.5, 0.6) is 0 Å². The average Bonchev–Trinajstić information content (AvgIpc) is 2.82. The SMILES string of the molecule is COC(=O)c1ccccc1-c1ccc2cc(CNc3ncccc3[N+](=O)[O-])ccc2n1. The van der Waals surface area contributed by atoms with Crippen molar-refractivity contribution in [3.8, 4) is 11.3 Å². The van der Waals surface area contributed by atoms with Crippen LogP contribution >= 0.6 is 0 Å². The van der Waals surface area contributed by atoms with Gasteiger partial charge in [-0.25, -0.2) is 14.8 Å². The number of methoxy groups -OCH3 is 1. The van der Waals surface area contributed by atoms with Crippen LogP contribution in [0.15, 0.2) is 72.9 Å². The normalized spacial score (nSPS) is 10.6. The van der Waals surface area contributed by atoms with E-state index in [4.69, 9.17) is 4.74 Å². The maximum absolute atomic E-state index is 12.1. The third kappa shape index (κ3) is 4.18. The van der Waals surface area contributed by atoms with Gasteiger partial charge in [-0.2, -0.15) is 0 Å². The van der Waals surface area contributed by atoms with E-state index in [1.807, 2.05) is 42.5 Å². The fourth-order valence-electron chi connectivity index (χ4n) is 3.30. The molecule has 0 radical (unpaired) electrons. The first-order valence-electron chi connectivity index (χ1n) is 9.47. The number of aromatic nitrogens is 2. The molecule has 8 nitrogen and oxygen atoms in total. The lowest BCUT2D eigenvalue weighted by atomic mass is 10.0. The fraction of sp³-hybridized carbons (Fsp3) is 0.0870. The van der Waals surface area contributed by atoms with Crippen molar-refractivity contribution >= 4 is 28.4 Å². The zero-order chi connectivity index (χ0) is 21.8. The van der Waals surface area contributed by atoms with E-state index in [2.05, 4.69) is 15.3 Å². The molecule has 0 unspecified atom stereocenters. The van der Waals surface area contributed by atoms with E-state index in [0.29, 0.717) is 23.4 Å². The van der Waals surface area contributed by atoms with Gasteiger partial charge in [-0.05, 0) is 35.9 Å². The van der Waals surface area contributed by atoms with Crippen molar-refractivity contribution in [3.63, 3.8) is 0 Å². The minimum Gasteiger partial charge on any atom is -0.465 e. The minimum absolute atomic E-state index is 0.0705. The van der Waals surface area contributed by atoms with Gasteiger partial charge in [0, 0.05) is 29.8 Å². The molecule has 1 N–H and O–H groups in total. The Morgan fingerprint density at radius 2 is 1.94 bits per heavy atom. The largest absolute Gasteiger partial charge is 0.465 e. The predicted octanol–water partition coefficient (Wildman–Crippen LogP) is 4.60. The van der Waals surface area contributed by atoms with E-state index < -0.39 is 10.9 Å². The summed E-state index contributed by atoms with van der Waals surface area (Å²) in [6.45, 7) is 0.376. The number of nitrogens with zero attached hydrogens (tertiary/aromatic N) is 3. The van der Waals surface area contributed by atoms with Crippen LogP contribution in [-0.2, 0) is 11.3 Å². The van der Waals surface area contributed by atoms with Gasteiger partial charge < -0.3 is 10.1 Å². The molecule has 154 valence electrons. The summed E-state index contributed by atoms with van der Waals surface area (Å²) in [5.74, 6) is -0.192. The number of fused-ring (bicyclic) bond motifs is 1. The van der Waals surface area contributed by atoms with Crippen molar-refractivity contribution in [2.45, 2.75) is 6.54 Å². The van der Waals surface area contributed by atoms with Crippen molar-refractivity contribution in [1.29, 1.82) is 0 Å². The number of benzene rings is 2. The van der Waals surface area contributed by atoms with Gasteiger partial charge >= 0.3 is 11.7 Å². The number of esters is 1. The first-order chi connectivity index (χ1) is 15.1. The van der Waals surface area contributed by atoms with Gasteiger partial charge in [0.2, 0.25) is 5.82 Å². The number of rotatable bonds is 6. The Labute approximate surface area is 177 Å². The number of anilines is 1. The summed E-state index contributed by atoms with van der Waals surface area (Å²) in [5.41, 5.74) is 3.45. The molecule has 2 heterocycles. The maximum atomic E-state index is 12.1. The van der Waals surface area contributed by atoms with Crippen molar-refractivity contribution in [1.82, 2.24) is 9.97 Å². The predicted molar refractivity (Wildman–Crippen MR) is 117 cm³/mol. The highest BCUT2D eigenvalue weighted by Gasteiger charge is 2.15. The van der Waals surface area contributed by atoms with Crippen LogP contribution in [0.3, 0.4) is 0 Å². The number of hydrogen-bond acceptors (Lipinski definition) is 7. The average molecular weight is 414 g/mol. The van der Waals surface area contributed by atoms with Crippen LogP contribution in [-0.4, -0.2) is 28.0 Å². The molecule has 0 amide bonds. The molecule has 2 aromatic carbocycles. The van der Waals surface area contributed by atoms with Gasteiger partial charge in [0.25, 0.3) is 0 Å². The molecule has 31 heavy (non-hydrogen) atoms. The lowest BCUT2D eigenvalue weighted by Crippen LogP contribution is -2.05. The number of carbonyl (C=O) groups is 1. The molecule has 8 heteroatoms. The van der Waals surface area contributed by atoms with Gasteiger partial charge in [-0.15, -0.1) is 0 Å². The first-order valence-corrected chi connectivity index (χ1v) is 9.47. The highest BCUT2D eigenvalue weighted by molar-refractivity contribution is 5.97. The second-order valence-corrected chi connectivity index (χ2v) is 6.74. The van der Waals surface area contributed by atoms with Crippen LogP contribution in [0.4, 0.5) is 11.5 Å². The summed E-state index contributed by atoms with van der Waals surface area (Å²) in [7, 11) is 1.35. The molecule has 4 aromatic rings. The van der Waals surface area contributed by atoms with Crippen molar-refractivity contribution in [2.75, 3.05) is 12.4 Å². The zero-order valence-corrected chi connectivity index (χ0v) is 16.6. The third-order valence-corrected chi connectivity index (χ3v) is 4.81. The van der Waals surface area contributed by atoms with Gasteiger partial charge in [0.15, 0.2) is 0 Å². The zero-order valence-electron chi connectivity index (χ0n) is 16.6. The quantitative estimate of drug-likeness (QED) is 0.279. The second kappa shape index (κ2) is 8.58. The number of ether oxygens (including phenoxy) is 1. The number of hydrogen-bond donors (Lipinski definition) is 1. The lowest BCUT2D eigenvalue weighted by molar-refractivity contribution is -0.384. The minimum atomic E-state index is -0.465. The molecule has 0 fully saturated rings. The van der Waals surface area contributed by atoms with Gasteiger partial charge in [0.05, 0.1) is 28.8 Å². The molecule has 0 atom stereocenters. The summed E-state index contributed by atoms with van der Waals surface area (Å²) >= 11 is 0. The van der Waals surface area contributed by atoms with Crippen molar-refractivity contribution in [3.05, 3.63) is 94.2 Å². The Morgan fingerprint density at radius 3 is 2.74 bits per heavy atom. The van der Waals surface area contributed by atoms with Crippen molar-refractivity contribution in [2.24, 2.45) is 0 Å². The molecule has 0 bridgehead atoms. The standard InChI is InChI=1S/C23H18N4O4/c1-31-23(28)18-6-3-2-5-17(18)20-11-9-16-13-15(8-10-19(16)26-20)14-25-22-21(27(29)30)7-4-12-24-22/h2-13H,14H2,1H3,(H,24,25). The summed E-state index contributed by atoms with van der Waals surface area (Å²) < 4.78 is 4.87. The molecule has 4 rings (SSSR count). The number of nitrogens with one attached hydrogen (secondary N) is 1. The number of pyridine rings is 2. The van der Waals surface area contributed by atoms with E-state index in [9.17, 15) is 14.9 Å². The summed E-state index contributed by atoms with van der Waals surface area (Å²) in [6.07, 6.45) is 1.51. The maximum Gasteiger partial charge on any atom is 0.338 e. The monoisotopic (exact) mass is 414 g/mol. The fourth-order valence-corrected chi connectivity index (χ4v) is 3.30.